The lowest BCUT2D eigenvalue weighted by molar-refractivity contribution is 1.01. The molecule has 0 aromatic carbocycles. The minimum absolute atomic E-state index is 0.311. The molecule has 0 saturated heterocycles. The zero-order chi connectivity index (χ0) is 16.9. The van der Waals surface area contributed by atoms with Gasteiger partial charge in [0, 0.05) is 25.4 Å². The molecule has 0 aliphatic heterocycles. The number of nitrogens with one attached hydrogen (secondary N) is 3. The zero-order valence-electron chi connectivity index (χ0n) is 12.6. The van der Waals surface area contributed by atoms with Crippen molar-refractivity contribution in [3.63, 3.8) is 0 Å². The molecule has 0 bridgehead atoms. The molecular weight excluding hydrogens is 308 g/mol. The lowest BCUT2D eigenvalue weighted by Gasteiger charge is -2.11. The van der Waals surface area contributed by atoms with Crippen LogP contribution in [0.15, 0.2) is 35.5 Å². The summed E-state index contributed by atoms with van der Waals surface area (Å²) < 4.78 is 0. The van der Waals surface area contributed by atoms with Gasteiger partial charge in [-0.3, -0.25) is 4.79 Å². The van der Waals surface area contributed by atoms with Crippen molar-refractivity contribution < 1.29 is 0 Å². The van der Waals surface area contributed by atoms with Gasteiger partial charge in [-0.2, -0.15) is 5.26 Å². The van der Waals surface area contributed by atoms with Gasteiger partial charge in [-0.15, -0.1) is 0 Å². The number of aromatic amines is 1. The van der Waals surface area contributed by atoms with E-state index < -0.39 is 0 Å². The molecule has 0 aliphatic carbocycles. The van der Waals surface area contributed by atoms with Crippen LogP contribution in [0.25, 0.3) is 10.9 Å². The molecule has 3 aromatic heterocycles. The van der Waals surface area contributed by atoms with E-state index in [0.717, 1.165) is 0 Å². The van der Waals surface area contributed by atoms with Gasteiger partial charge in [0.15, 0.2) is 0 Å². The van der Waals surface area contributed by atoms with Crippen LogP contribution in [0.5, 0.6) is 0 Å². The van der Waals surface area contributed by atoms with Crippen LogP contribution in [0.2, 0.25) is 0 Å². The van der Waals surface area contributed by atoms with Crippen molar-refractivity contribution in [1.82, 2.24) is 19.9 Å². The van der Waals surface area contributed by atoms with Gasteiger partial charge in [0.2, 0.25) is 0 Å². The van der Waals surface area contributed by atoms with Crippen LogP contribution in [0.3, 0.4) is 0 Å². The topological polar surface area (TPSA) is 145 Å². The first-order chi connectivity index (χ1) is 11.7. The van der Waals surface area contributed by atoms with Crippen molar-refractivity contribution in [2.45, 2.75) is 0 Å². The van der Waals surface area contributed by atoms with Crippen molar-refractivity contribution in [2.24, 2.45) is 5.73 Å². The van der Waals surface area contributed by atoms with Gasteiger partial charge in [0.1, 0.15) is 28.9 Å². The van der Waals surface area contributed by atoms with Crippen molar-refractivity contribution in [1.29, 1.82) is 5.26 Å². The average molecular weight is 322 g/mol. The fourth-order valence-corrected chi connectivity index (χ4v) is 2.13. The Morgan fingerprint density at radius 3 is 2.88 bits per heavy atom. The Morgan fingerprint density at radius 1 is 1.29 bits per heavy atom. The van der Waals surface area contributed by atoms with Crippen molar-refractivity contribution in [3.8, 4) is 6.07 Å². The Kier molecular flexibility index (Phi) is 4.31. The molecule has 120 valence electrons. The van der Waals surface area contributed by atoms with Crippen molar-refractivity contribution in [3.05, 3.63) is 46.6 Å². The SMILES string of the molecule is N#Cc1ccc(Nc2nc(NCCN)cc3nc[nH]c(=O)c23)nc1. The summed E-state index contributed by atoms with van der Waals surface area (Å²) in [5, 5.41) is 15.2. The number of fused-ring (bicyclic) bond motifs is 1. The fraction of sp³-hybridized carbons (Fsp3) is 0.133. The molecule has 0 radical (unpaired) electrons. The number of rotatable bonds is 5. The Bertz CT molecular complexity index is 958. The normalized spacial score (nSPS) is 10.3. The highest BCUT2D eigenvalue weighted by Crippen LogP contribution is 2.22. The maximum absolute atomic E-state index is 12.1. The Balaban J connectivity index is 2.06. The highest BCUT2D eigenvalue weighted by Gasteiger charge is 2.11. The smallest absolute Gasteiger partial charge is 0.262 e. The third-order valence-corrected chi connectivity index (χ3v) is 3.21. The van der Waals surface area contributed by atoms with E-state index in [1.165, 1.54) is 12.5 Å². The largest absolute Gasteiger partial charge is 0.369 e. The third-order valence-electron chi connectivity index (χ3n) is 3.21. The molecule has 0 spiro atoms. The van der Waals surface area contributed by atoms with Crippen LogP contribution in [0.1, 0.15) is 5.56 Å². The Morgan fingerprint density at radius 2 is 2.17 bits per heavy atom. The standard InChI is InChI=1S/C15H14N8O/c16-3-4-18-12-5-10-13(15(24)21-8-20-10)14(23-12)22-11-2-1-9(6-17)7-19-11/h1-2,5,7-8H,3-4,16H2,(H,20,21,24)(H2,18,19,22,23). The van der Waals surface area contributed by atoms with E-state index in [9.17, 15) is 4.79 Å². The van der Waals surface area contributed by atoms with Crippen LogP contribution in [0.4, 0.5) is 17.5 Å². The van der Waals surface area contributed by atoms with E-state index in [1.807, 2.05) is 6.07 Å². The molecule has 9 heteroatoms. The molecule has 24 heavy (non-hydrogen) atoms. The molecule has 9 nitrogen and oxygen atoms in total. The monoisotopic (exact) mass is 322 g/mol. The van der Waals surface area contributed by atoms with Gasteiger partial charge >= 0.3 is 0 Å². The maximum Gasteiger partial charge on any atom is 0.262 e. The lowest BCUT2D eigenvalue weighted by atomic mass is 10.2. The average Bonchev–Trinajstić information content (AvgIpc) is 2.60. The number of nitrogens with two attached hydrogens (primary N) is 1. The van der Waals surface area contributed by atoms with E-state index in [-0.39, 0.29) is 5.56 Å². The third kappa shape index (κ3) is 3.13. The number of aromatic nitrogens is 4. The molecule has 0 unspecified atom stereocenters. The van der Waals surface area contributed by atoms with Gasteiger partial charge in [0.05, 0.1) is 17.4 Å². The number of H-pyrrole nitrogens is 1. The lowest BCUT2D eigenvalue weighted by Crippen LogP contribution is -2.16. The summed E-state index contributed by atoms with van der Waals surface area (Å²) >= 11 is 0. The van der Waals surface area contributed by atoms with E-state index in [1.54, 1.807) is 18.2 Å². The Hall–Kier alpha value is -3.51. The summed E-state index contributed by atoms with van der Waals surface area (Å²) in [6, 6.07) is 6.93. The quantitative estimate of drug-likeness (QED) is 0.537. The summed E-state index contributed by atoms with van der Waals surface area (Å²) in [6.45, 7) is 0.985. The summed E-state index contributed by atoms with van der Waals surface area (Å²) in [5.41, 5.74) is 6.11. The van der Waals surface area contributed by atoms with Gasteiger partial charge in [-0.05, 0) is 12.1 Å². The minimum atomic E-state index is -0.311. The summed E-state index contributed by atoms with van der Waals surface area (Å²) in [7, 11) is 0. The van der Waals surface area contributed by atoms with Crippen molar-refractivity contribution in [2.75, 3.05) is 23.7 Å². The molecule has 0 atom stereocenters. The fourth-order valence-electron chi connectivity index (χ4n) is 2.13. The zero-order valence-corrected chi connectivity index (χ0v) is 12.6. The first kappa shape index (κ1) is 15.4. The number of nitrogens with zero attached hydrogens (tertiary/aromatic N) is 4. The second kappa shape index (κ2) is 6.72. The van der Waals surface area contributed by atoms with Crippen LogP contribution in [-0.4, -0.2) is 33.0 Å². The van der Waals surface area contributed by atoms with E-state index >= 15 is 0 Å². The number of hydrogen-bond donors (Lipinski definition) is 4. The van der Waals surface area contributed by atoms with E-state index in [2.05, 4.69) is 30.6 Å². The first-order valence-corrected chi connectivity index (χ1v) is 7.17. The second-order valence-corrected chi connectivity index (χ2v) is 4.87. The van der Waals surface area contributed by atoms with Crippen LogP contribution in [0, 0.1) is 11.3 Å². The highest BCUT2D eigenvalue weighted by atomic mass is 16.1. The summed E-state index contributed by atoms with van der Waals surface area (Å²) in [5.74, 6) is 1.32. The molecule has 5 N–H and O–H groups in total. The van der Waals surface area contributed by atoms with E-state index in [4.69, 9.17) is 11.0 Å². The van der Waals surface area contributed by atoms with Crippen LogP contribution >= 0.6 is 0 Å². The van der Waals surface area contributed by atoms with Gasteiger partial charge in [-0.1, -0.05) is 0 Å². The van der Waals surface area contributed by atoms with Crippen LogP contribution in [-0.2, 0) is 0 Å². The van der Waals surface area contributed by atoms with Crippen LogP contribution < -0.4 is 21.9 Å². The molecule has 3 heterocycles. The first-order valence-electron chi connectivity index (χ1n) is 7.17. The summed E-state index contributed by atoms with van der Waals surface area (Å²) in [6.07, 6.45) is 2.77. The molecule has 0 saturated carbocycles. The molecule has 0 aliphatic rings. The van der Waals surface area contributed by atoms with Gasteiger partial charge in [0.25, 0.3) is 5.56 Å². The maximum atomic E-state index is 12.1. The predicted molar refractivity (Wildman–Crippen MR) is 89.9 cm³/mol. The molecule has 3 aromatic rings. The molecule has 0 amide bonds. The number of nitriles is 1. The van der Waals surface area contributed by atoms with Gasteiger partial charge in [-0.25, -0.2) is 15.0 Å². The van der Waals surface area contributed by atoms with E-state index in [0.29, 0.717) is 47.0 Å². The Labute approximate surface area is 136 Å². The molecule has 3 rings (SSSR count). The molecule has 0 fully saturated rings. The number of anilines is 3. The summed E-state index contributed by atoms with van der Waals surface area (Å²) in [4.78, 5) is 27.4. The predicted octanol–water partition coefficient (Wildman–Crippen LogP) is 0.699. The highest BCUT2D eigenvalue weighted by molar-refractivity contribution is 5.91. The molecular formula is C15H14N8O. The second-order valence-electron chi connectivity index (χ2n) is 4.87. The van der Waals surface area contributed by atoms with Gasteiger partial charge < -0.3 is 21.4 Å². The minimum Gasteiger partial charge on any atom is -0.369 e. The number of pyridine rings is 2. The van der Waals surface area contributed by atoms with Crippen molar-refractivity contribution >= 4 is 28.4 Å². The number of hydrogen-bond acceptors (Lipinski definition) is 8.